The largest absolute Gasteiger partial charge is 0.390 e. The zero-order chi connectivity index (χ0) is 14.0. The first-order valence-corrected chi connectivity index (χ1v) is 7.77. The zero-order valence-corrected chi connectivity index (χ0v) is 12.3. The maximum Gasteiger partial charge on any atom is 0.0964 e. The van der Waals surface area contributed by atoms with Crippen molar-refractivity contribution in [1.82, 2.24) is 14.7 Å². The molecule has 2 aliphatic rings. The third-order valence-corrected chi connectivity index (χ3v) is 4.74. The SMILES string of the molecule is CCn1cc(CN2CCC3(CC2)OCCCC3O)cn1. The van der Waals surface area contributed by atoms with E-state index in [-0.39, 0.29) is 11.7 Å². The molecular weight excluding hydrogens is 254 g/mol. The molecule has 2 fully saturated rings. The number of ether oxygens (including phenoxy) is 1. The molecule has 1 N–H and O–H groups in total. The van der Waals surface area contributed by atoms with Crippen LogP contribution in [0.5, 0.6) is 0 Å². The molecule has 3 rings (SSSR count). The highest BCUT2D eigenvalue weighted by atomic mass is 16.5. The molecule has 5 nitrogen and oxygen atoms in total. The van der Waals surface area contributed by atoms with Crippen LogP contribution in [-0.4, -0.2) is 51.2 Å². The van der Waals surface area contributed by atoms with Crippen LogP contribution < -0.4 is 0 Å². The van der Waals surface area contributed by atoms with Crippen LogP contribution in [0.15, 0.2) is 12.4 Å². The monoisotopic (exact) mass is 279 g/mol. The maximum atomic E-state index is 10.2. The average Bonchev–Trinajstić information content (AvgIpc) is 2.92. The molecule has 5 heteroatoms. The molecule has 1 atom stereocenters. The van der Waals surface area contributed by atoms with Gasteiger partial charge in [-0.25, -0.2) is 0 Å². The van der Waals surface area contributed by atoms with Crippen LogP contribution in [0, 0.1) is 0 Å². The number of piperidine rings is 1. The molecule has 112 valence electrons. The normalized spacial score (nSPS) is 27.0. The predicted molar refractivity (Wildman–Crippen MR) is 76.3 cm³/mol. The second-order valence-corrected chi connectivity index (χ2v) is 6.05. The molecule has 2 saturated heterocycles. The number of rotatable bonds is 3. The number of hydrogen-bond acceptors (Lipinski definition) is 4. The number of aromatic nitrogens is 2. The summed E-state index contributed by atoms with van der Waals surface area (Å²) >= 11 is 0. The van der Waals surface area contributed by atoms with Gasteiger partial charge < -0.3 is 9.84 Å². The first-order valence-electron chi connectivity index (χ1n) is 7.77. The van der Waals surface area contributed by atoms with E-state index in [1.807, 2.05) is 10.9 Å². The van der Waals surface area contributed by atoms with Gasteiger partial charge in [-0.15, -0.1) is 0 Å². The molecule has 1 unspecified atom stereocenters. The fourth-order valence-corrected chi connectivity index (χ4v) is 3.40. The van der Waals surface area contributed by atoms with Crippen LogP contribution in [0.4, 0.5) is 0 Å². The maximum absolute atomic E-state index is 10.2. The third-order valence-electron chi connectivity index (χ3n) is 4.74. The molecule has 1 spiro atoms. The van der Waals surface area contributed by atoms with Gasteiger partial charge in [-0.05, 0) is 32.6 Å². The van der Waals surface area contributed by atoms with Crippen LogP contribution in [0.3, 0.4) is 0 Å². The van der Waals surface area contributed by atoms with Gasteiger partial charge in [0.15, 0.2) is 0 Å². The highest BCUT2D eigenvalue weighted by Gasteiger charge is 2.43. The van der Waals surface area contributed by atoms with Crippen LogP contribution in [0.25, 0.3) is 0 Å². The Morgan fingerprint density at radius 3 is 2.90 bits per heavy atom. The van der Waals surface area contributed by atoms with E-state index in [1.165, 1.54) is 5.56 Å². The van der Waals surface area contributed by atoms with E-state index in [2.05, 4.69) is 23.1 Å². The van der Waals surface area contributed by atoms with Gasteiger partial charge in [0.2, 0.25) is 0 Å². The smallest absolute Gasteiger partial charge is 0.0964 e. The number of aliphatic hydroxyl groups excluding tert-OH is 1. The van der Waals surface area contributed by atoms with Gasteiger partial charge in [-0.2, -0.15) is 5.10 Å². The van der Waals surface area contributed by atoms with Gasteiger partial charge >= 0.3 is 0 Å². The summed E-state index contributed by atoms with van der Waals surface area (Å²) in [6.45, 7) is 6.77. The summed E-state index contributed by atoms with van der Waals surface area (Å²) in [5.74, 6) is 0. The molecule has 0 bridgehead atoms. The van der Waals surface area contributed by atoms with Crippen molar-refractivity contribution in [3.63, 3.8) is 0 Å². The summed E-state index contributed by atoms with van der Waals surface area (Å²) in [5.41, 5.74) is 1.01. The molecule has 1 aromatic heterocycles. The topological polar surface area (TPSA) is 50.5 Å². The molecule has 0 saturated carbocycles. The quantitative estimate of drug-likeness (QED) is 0.909. The van der Waals surface area contributed by atoms with Gasteiger partial charge in [0.25, 0.3) is 0 Å². The Labute approximate surface area is 120 Å². The lowest BCUT2D eigenvalue weighted by Gasteiger charge is -2.46. The van der Waals surface area contributed by atoms with Crippen molar-refractivity contribution in [3.8, 4) is 0 Å². The average molecular weight is 279 g/mol. The Morgan fingerprint density at radius 1 is 1.45 bits per heavy atom. The summed E-state index contributed by atoms with van der Waals surface area (Å²) in [5, 5.41) is 14.6. The van der Waals surface area contributed by atoms with Crippen molar-refractivity contribution in [3.05, 3.63) is 18.0 Å². The predicted octanol–water partition coefficient (Wildman–Crippen LogP) is 1.41. The molecule has 1 aromatic rings. The van der Waals surface area contributed by atoms with Gasteiger partial charge in [-0.3, -0.25) is 9.58 Å². The minimum atomic E-state index is -0.277. The van der Waals surface area contributed by atoms with Crippen molar-refractivity contribution < 1.29 is 9.84 Å². The highest BCUT2D eigenvalue weighted by molar-refractivity contribution is 5.05. The molecule has 0 radical (unpaired) electrons. The number of aryl methyl sites for hydroxylation is 1. The van der Waals surface area contributed by atoms with Gasteiger partial charge in [-0.1, -0.05) is 0 Å². The van der Waals surface area contributed by atoms with Crippen LogP contribution in [0.1, 0.15) is 38.2 Å². The Balaban J connectivity index is 1.55. The highest BCUT2D eigenvalue weighted by Crippen LogP contribution is 2.35. The van der Waals surface area contributed by atoms with E-state index >= 15 is 0 Å². The van der Waals surface area contributed by atoms with Gasteiger partial charge in [0, 0.05) is 44.5 Å². The van der Waals surface area contributed by atoms with E-state index in [9.17, 15) is 5.11 Å². The van der Waals surface area contributed by atoms with Crippen LogP contribution in [-0.2, 0) is 17.8 Å². The minimum Gasteiger partial charge on any atom is -0.390 e. The molecular formula is C15H25N3O2. The first kappa shape index (κ1) is 14.0. The Morgan fingerprint density at radius 2 is 2.25 bits per heavy atom. The van der Waals surface area contributed by atoms with Gasteiger partial charge in [0.1, 0.15) is 0 Å². The van der Waals surface area contributed by atoms with E-state index in [4.69, 9.17) is 4.74 Å². The summed E-state index contributed by atoms with van der Waals surface area (Å²) in [6, 6.07) is 0. The Hall–Kier alpha value is -0.910. The van der Waals surface area contributed by atoms with E-state index in [0.717, 1.165) is 58.5 Å². The lowest BCUT2D eigenvalue weighted by Crippen LogP contribution is -2.55. The number of likely N-dealkylation sites (tertiary alicyclic amines) is 1. The van der Waals surface area contributed by atoms with E-state index < -0.39 is 0 Å². The molecule has 0 aliphatic carbocycles. The zero-order valence-electron chi connectivity index (χ0n) is 12.3. The Bertz CT molecular complexity index is 438. The van der Waals surface area contributed by atoms with Crippen LogP contribution >= 0.6 is 0 Å². The Kier molecular flexibility index (Phi) is 4.10. The molecule has 20 heavy (non-hydrogen) atoms. The molecule has 0 aromatic carbocycles. The van der Waals surface area contributed by atoms with Crippen molar-refractivity contribution in [2.75, 3.05) is 19.7 Å². The summed E-state index contributed by atoms with van der Waals surface area (Å²) < 4.78 is 7.91. The molecule has 0 amide bonds. The lowest BCUT2D eigenvalue weighted by atomic mass is 9.82. The van der Waals surface area contributed by atoms with Crippen molar-refractivity contribution in [2.24, 2.45) is 0 Å². The number of aliphatic hydroxyl groups is 1. The number of hydrogen-bond donors (Lipinski definition) is 1. The lowest BCUT2D eigenvalue weighted by molar-refractivity contribution is -0.177. The van der Waals surface area contributed by atoms with Crippen molar-refractivity contribution in [1.29, 1.82) is 0 Å². The molecule has 3 heterocycles. The van der Waals surface area contributed by atoms with Crippen molar-refractivity contribution >= 4 is 0 Å². The van der Waals surface area contributed by atoms with E-state index in [0.29, 0.717) is 0 Å². The number of nitrogens with zero attached hydrogens (tertiary/aromatic N) is 3. The fourth-order valence-electron chi connectivity index (χ4n) is 3.40. The molecule has 2 aliphatic heterocycles. The summed E-state index contributed by atoms with van der Waals surface area (Å²) in [4.78, 5) is 2.44. The van der Waals surface area contributed by atoms with Crippen LogP contribution in [0.2, 0.25) is 0 Å². The second kappa shape index (κ2) is 5.84. The minimum absolute atomic E-state index is 0.262. The third kappa shape index (κ3) is 2.75. The van der Waals surface area contributed by atoms with Gasteiger partial charge in [0.05, 0.1) is 17.9 Å². The summed E-state index contributed by atoms with van der Waals surface area (Å²) in [7, 11) is 0. The fraction of sp³-hybridized carbons (Fsp3) is 0.800. The van der Waals surface area contributed by atoms with E-state index in [1.54, 1.807) is 0 Å². The van der Waals surface area contributed by atoms with Crippen molar-refractivity contribution in [2.45, 2.75) is 57.4 Å². The second-order valence-electron chi connectivity index (χ2n) is 6.05. The summed E-state index contributed by atoms with van der Waals surface area (Å²) in [6.07, 6.45) is 7.57. The standard InChI is InChI=1S/C15H25N3O2/c1-2-18-12-13(10-16-18)11-17-7-5-15(6-8-17)14(19)4-3-9-20-15/h10,12,14,19H,2-9,11H2,1H3. The first-order chi connectivity index (χ1) is 9.72.